The van der Waals surface area contributed by atoms with Crippen molar-refractivity contribution < 1.29 is 9.21 Å². The molecule has 2 N–H and O–H groups in total. The molecule has 0 fully saturated rings. The lowest BCUT2D eigenvalue weighted by molar-refractivity contribution is -0.127. The van der Waals surface area contributed by atoms with Gasteiger partial charge in [0.15, 0.2) is 5.96 Å². The monoisotopic (exact) mass is 362 g/mol. The van der Waals surface area contributed by atoms with Gasteiger partial charge < -0.3 is 20.0 Å². The average molecular weight is 362 g/mol. The summed E-state index contributed by atoms with van der Waals surface area (Å²) in [6, 6.07) is 8.10. The highest BCUT2D eigenvalue weighted by Gasteiger charge is 2.06. The number of amides is 1. The molecule has 1 amide bonds. The smallest absolute Gasteiger partial charge is 0.243 e. The van der Waals surface area contributed by atoms with Crippen molar-refractivity contribution in [3.05, 3.63) is 46.0 Å². The molecule has 0 aliphatic heterocycles. The summed E-state index contributed by atoms with van der Waals surface area (Å²) in [4.78, 5) is 20.3. The summed E-state index contributed by atoms with van der Waals surface area (Å²) in [5.74, 6) is 1.52. The SMILES string of the molecule is CCc1ccc(CNC(=NCC(=O)N(C)C)NCCc2ccco2)s1. The summed E-state index contributed by atoms with van der Waals surface area (Å²) in [6.45, 7) is 3.64. The lowest BCUT2D eigenvalue weighted by Gasteiger charge is -2.13. The van der Waals surface area contributed by atoms with Crippen molar-refractivity contribution >= 4 is 23.2 Å². The van der Waals surface area contributed by atoms with E-state index in [-0.39, 0.29) is 12.5 Å². The normalized spacial score (nSPS) is 11.4. The number of carbonyl (C=O) groups excluding carboxylic acids is 1. The predicted molar refractivity (Wildman–Crippen MR) is 102 cm³/mol. The zero-order valence-corrected chi connectivity index (χ0v) is 15.9. The number of rotatable bonds is 8. The number of likely N-dealkylation sites (N-methyl/N-ethyl adjacent to an activating group) is 1. The van der Waals surface area contributed by atoms with E-state index in [4.69, 9.17) is 4.42 Å². The van der Waals surface area contributed by atoms with Gasteiger partial charge >= 0.3 is 0 Å². The lowest BCUT2D eigenvalue weighted by Crippen LogP contribution is -2.39. The minimum atomic E-state index is -0.0310. The molecule has 0 aliphatic rings. The standard InChI is InChI=1S/C18H26N4O2S/c1-4-15-7-8-16(25-15)12-20-18(21-13-17(23)22(2)3)19-10-9-14-6-5-11-24-14/h5-8,11H,4,9-10,12-13H2,1-3H3,(H2,19,20,21). The molecule has 0 unspecified atom stereocenters. The number of hydrogen-bond donors (Lipinski definition) is 2. The second kappa shape index (κ2) is 9.88. The van der Waals surface area contributed by atoms with E-state index in [0.29, 0.717) is 19.0 Å². The zero-order chi connectivity index (χ0) is 18.1. The van der Waals surface area contributed by atoms with Gasteiger partial charge in [-0.2, -0.15) is 0 Å². The minimum absolute atomic E-state index is 0.0310. The van der Waals surface area contributed by atoms with Crippen LogP contribution in [0.4, 0.5) is 0 Å². The van der Waals surface area contributed by atoms with Crippen LogP contribution >= 0.6 is 11.3 Å². The molecule has 0 saturated heterocycles. The summed E-state index contributed by atoms with van der Waals surface area (Å²) < 4.78 is 5.33. The van der Waals surface area contributed by atoms with Crippen LogP contribution in [0.2, 0.25) is 0 Å². The van der Waals surface area contributed by atoms with Gasteiger partial charge in [-0.05, 0) is 30.7 Å². The zero-order valence-electron chi connectivity index (χ0n) is 15.0. The van der Waals surface area contributed by atoms with Gasteiger partial charge in [-0.1, -0.05) is 6.92 Å². The largest absolute Gasteiger partial charge is 0.469 e. The molecule has 136 valence electrons. The second-order valence-corrected chi connectivity index (χ2v) is 7.04. The van der Waals surface area contributed by atoms with Crippen LogP contribution in [0.5, 0.6) is 0 Å². The molecular weight excluding hydrogens is 336 g/mol. The fourth-order valence-electron chi connectivity index (χ4n) is 2.10. The summed E-state index contributed by atoms with van der Waals surface area (Å²) in [5, 5.41) is 6.55. The molecule has 0 saturated carbocycles. The maximum Gasteiger partial charge on any atom is 0.243 e. The molecule has 2 aromatic rings. The first kappa shape index (κ1) is 19.1. The van der Waals surface area contributed by atoms with Crippen molar-refractivity contribution in [1.82, 2.24) is 15.5 Å². The van der Waals surface area contributed by atoms with Gasteiger partial charge in [0.2, 0.25) is 5.91 Å². The van der Waals surface area contributed by atoms with Crippen molar-refractivity contribution in [2.75, 3.05) is 27.2 Å². The van der Waals surface area contributed by atoms with Crippen LogP contribution in [-0.2, 0) is 24.2 Å². The van der Waals surface area contributed by atoms with E-state index in [0.717, 1.165) is 18.6 Å². The number of aliphatic imine (C=N–C) groups is 1. The van der Waals surface area contributed by atoms with Crippen molar-refractivity contribution in [2.45, 2.75) is 26.3 Å². The highest BCUT2D eigenvalue weighted by Crippen LogP contribution is 2.16. The van der Waals surface area contributed by atoms with E-state index < -0.39 is 0 Å². The van der Waals surface area contributed by atoms with Crippen molar-refractivity contribution in [3.8, 4) is 0 Å². The molecule has 0 atom stereocenters. The number of guanidine groups is 1. The third kappa shape index (κ3) is 6.62. The first-order valence-corrected chi connectivity index (χ1v) is 9.22. The number of nitrogens with zero attached hydrogens (tertiary/aromatic N) is 2. The molecule has 0 radical (unpaired) electrons. The predicted octanol–water partition coefficient (Wildman–Crippen LogP) is 2.27. The molecule has 2 heterocycles. The fourth-order valence-corrected chi connectivity index (χ4v) is 3.00. The van der Waals surface area contributed by atoms with Gasteiger partial charge in [-0.3, -0.25) is 4.79 Å². The molecule has 0 aromatic carbocycles. The van der Waals surface area contributed by atoms with Gasteiger partial charge in [-0.15, -0.1) is 11.3 Å². The van der Waals surface area contributed by atoms with Gasteiger partial charge in [0.05, 0.1) is 12.8 Å². The number of carbonyl (C=O) groups is 1. The third-order valence-corrected chi connectivity index (χ3v) is 4.84. The fraction of sp³-hybridized carbons (Fsp3) is 0.444. The topological polar surface area (TPSA) is 69.9 Å². The Bertz CT molecular complexity index is 677. The lowest BCUT2D eigenvalue weighted by atomic mass is 10.3. The highest BCUT2D eigenvalue weighted by molar-refractivity contribution is 7.11. The number of furan rings is 1. The summed E-state index contributed by atoms with van der Waals surface area (Å²) in [7, 11) is 3.46. The van der Waals surface area contributed by atoms with Crippen LogP contribution in [-0.4, -0.2) is 44.0 Å². The Morgan fingerprint density at radius 2 is 2.04 bits per heavy atom. The van der Waals surface area contributed by atoms with Crippen LogP contribution < -0.4 is 10.6 Å². The average Bonchev–Trinajstić information content (AvgIpc) is 3.27. The van der Waals surface area contributed by atoms with Gasteiger partial charge in [-0.25, -0.2) is 4.99 Å². The number of thiophene rings is 1. The van der Waals surface area contributed by atoms with Gasteiger partial charge in [0.1, 0.15) is 12.3 Å². The van der Waals surface area contributed by atoms with Crippen LogP contribution in [0.15, 0.2) is 39.9 Å². The summed E-state index contributed by atoms with van der Waals surface area (Å²) in [5.41, 5.74) is 0. The van der Waals surface area contributed by atoms with Gasteiger partial charge in [0, 0.05) is 36.8 Å². The Kier molecular flexibility index (Phi) is 7.53. The van der Waals surface area contributed by atoms with E-state index in [2.05, 4.69) is 34.7 Å². The molecule has 0 aliphatic carbocycles. The molecule has 0 spiro atoms. The quantitative estimate of drug-likeness (QED) is 0.558. The van der Waals surface area contributed by atoms with E-state index in [1.54, 1.807) is 31.7 Å². The first-order valence-electron chi connectivity index (χ1n) is 8.40. The Balaban J connectivity index is 1.90. The Hall–Kier alpha value is -2.28. The maximum atomic E-state index is 11.8. The number of aryl methyl sites for hydroxylation is 1. The van der Waals surface area contributed by atoms with Gasteiger partial charge in [0.25, 0.3) is 0 Å². The molecule has 7 heteroatoms. The van der Waals surface area contributed by atoms with E-state index in [1.807, 2.05) is 12.1 Å². The van der Waals surface area contributed by atoms with E-state index in [1.165, 1.54) is 14.7 Å². The molecular formula is C18H26N4O2S. The van der Waals surface area contributed by atoms with Crippen LogP contribution in [0.1, 0.15) is 22.4 Å². The van der Waals surface area contributed by atoms with E-state index >= 15 is 0 Å². The molecule has 6 nitrogen and oxygen atoms in total. The van der Waals surface area contributed by atoms with E-state index in [9.17, 15) is 4.79 Å². The van der Waals surface area contributed by atoms with Crippen LogP contribution in [0.3, 0.4) is 0 Å². The molecule has 2 aromatic heterocycles. The third-order valence-electron chi connectivity index (χ3n) is 3.61. The number of hydrogen-bond acceptors (Lipinski definition) is 4. The number of nitrogens with one attached hydrogen (secondary N) is 2. The van der Waals surface area contributed by atoms with Crippen LogP contribution in [0.25, 0.3) is 0 Å². The Labute approximate surface area is 152 Å². The van der Waals surface area contributed by atoms with Crippen LogP contribution in [0, 0.1) is 0 Å². The van der Waals surface area contributed by atoms with Crippen molar-refractivity contribution in [1.29, 1.82) is 0 Å². The molecule has 2 rings (SSSR count). The summed E-state index contributed by atoms with van der Waals surface area (Å²) in [6.07, 6.45) is 3.47. The summed E-state index contributed by atoms with van der Waals surface area (Å²) >= 11 is 1.79. The Morgan fingerprint density at radius 3 is 2.68 bits per heavy atom. The van der Waals surface area contributed by atoms with Crippen molar-refractivity contribution in [3.63, 3.8) is 0 Å². The van der Waals surface area contributed by atoms with Crippen molar-refractivity contribution in [2.24, 2.45) is 4.99 Å². The maximum absolute atomic E-state index is 11.8. The minimum Gasteiger partial charge on any atom is -0.469 e. The Morgan fingerprint density at radius 1 is 1.24 bits per heavy atom. The molecule has 0 bridgehead atoms. The second-order valence-electron chi connectivity index (χ2n) is 5.78. The molecule has 25 heavy (non-hydrogen) atoms. The first-order chi connectivity index (χ1) is 12.1. The highest BCUT2D eigenvalue weighted by atomic mass is 32.1.